The molecule has 8 heteroatoms. The number of nitrogens with zero attached hydrogens (tertiary/aromatic N) is 2. The van der Waals surface area contributed by atoms with Crippen LogP contribution in [0.3, 0.4) is 0 Å². The van der Waals surface area contributed by atoms with Crippen LogP contribution in [0.25, 0.3) is 0 Å². The van der Waals surface area contributed by atoms with Gasteiger partial charge in [0.1, 0.15) is 11.5 Å². The third-order valence-corrected chi connectivity index (χ3v) is 4.81. The molecule has 1 aliphatic rings. The van der Waals surface area contributed by atoms with Gasteiger partial charge in [0.05, 0.1) is 12.2 Å². The molecule has 0 unspecified atom stereocenters. The zero-order valence-corrected chi connectivity index (χ0v) is 19.1. The molecule has 1 fully saturated rings. The lowest BCUT2D eigenvalue weighted by Gasteiger charge is -2.34. The summed E-state index contributed by atoms with van der Waals surface area (Å²) in [6.07, 6.45) is 0.199. The van der Waals surface area contributed by atoms with E-state index < -0.39 is 0 Å². The van der Waals surface area contributed by atoms with E-state index in [0.29, 0.717) is 37.6 Å². The van der Waals surface area contributed by atoms with E-state index in [1.54, 1.807) is 9.80 Å². The Morgan fingerprint density at radius 1 is 0.656 bits per heavy atom. The first kappa shape index (κ1) is 23.2. The van der Waals surface area contributed by atoms with Gasteiger partial charge in [0.15, 0.2) is 0 Å². The lowest BCUT2D eigenvalue weighted by atomic mass is 10.3. The summed E-state index contributed by atoms with van der Waals surface area (Å²) in [5.41, 5.74) is 1.41. The predicted octanol–water partition coefficient (Wildman–Crippen LogP) is 4.64. The first-order valence-corrected chi connectivity index (χ1v) is 11.0. The van der Waals surface area contributed by atoms with Gasteiger partial charge in [0.2, 0.25) is 0 Å². The van der Waals surface area contributed by atoms with Crippen LogP contribution < -0.4 is 20.1 Å². The monoisotopic (exact) mass is 440 g/mol. The van der Waals surface area contributed by atoms with Gasteiger partial charge in [-0.15, -0.1) is 0 Å². The van der Waals surface area contributed by atoms with Crippen LogP contribution in [0.15, 0.2) is 48.5 Å². The third kappa shape index (κ3) is 6.80. The van der Waals surface area contributed by atoms with Gasteiger partial charge in [-0.25, -0.2) is 9.59 Å². The third-order valence-electron chi connectivity index (χ3n) is 4.81. The molecule has 8 nitrogen and oxygen atoms in total. The van der Waals surface area contributed by atoms with Crippen molar-refractivity contribution in [1.82, 2.24) is 9.80 Å². The Bertz CT molecular complexity index is 814. The van der Waals surface area contributed by atoms with Crippen molar-refractivity contribution in [2.75, 3.05) is 36.8 Å². The summed E-state index contributed by atoms with van der Waals surface area (Å²) in [4.78, 5) is 28.5. The Hall–Kier alpha value is -3.42. The number of rotatable bonds is 6. The summed E-state index contributed by atoms with van der Waals surface area (Å²) in [7, 11) is 0. The number of carbonyl (C=O) groups is 2. The predicted molar refractivity (Wildman–Crippen MR) is 126 cm³/mol. The Labute approximate surface area is 189 Å². The minimum Gasteiger partial charge on any atom is -0.491 e. The standard InChI is InChI=1S/C24H32N4O4/c1-17(2)31-21-9-5-19(6-10-21)25-23(29)27-13-15-28(16-14-27)24(30)26-20-7-11-22(12-8-20)32-18(3)4/h5-12,17-18H,13-16H2,1-4H3,(H,25,29)(H,26,30). The van der Waals surface area contributed by atoms with Crippen LogP contribution in [0.2, 0.25) is 0 Å². The first-order chi connectivity index (χ1) is 15.3. The summed E-state index contributed by atoms with van der Waals surface area (Å²) in [6.45, 7) is 9.73. The average Bonchev–Trinajstić information content (AvgIpc) is 2.76. The van der Waals surface area contributed by atoms with Crippen LogP contribution in [0.5, 0.6) is 11.5 Å². The maximum absolute atomic E-state index is 12.6. The SMILES string of the molecule is CC(C)Oc1ccc(NC(=O)N2CCN(C(=O)Nc3ccc(OC(C)C)cc3)CC2)cc1. The van der Waals surface area contributed by atoms with Crippen LogP contribution >= 0.6 is 0 Å². The van der Waals surface area contributed by atoms with Gasteiger partial charge in [-0.2, -0.15) is 0 Å². The number of ether oxygens (including phenoxy) is 2. The highest BCUT2D eigenvalue weighted by Crippen LogP contribution is 2.19. The number of amides is 4. The Morgan fingerprint density at radius 2 is 0.969 bits per heavy atom. The van der Waals surface area contributed by atoms with Crippen molar-refractivity contribution in [3.8, 4) is 11.5 Å². The van der Waals surface area contributed by atoms with Crippen molar-refractivity contribution in [2.24, 2.45) is 0 Å². The molecular formula is C24H32N4O4. The van der Waals surface area contributed by atoms with Gasteiger partial charge >= 0.3 is 12.1 Å². The van der Waals surface area contributed by atoms with E-state index in [9.17, 15) is 9.59 Å². The molecule has 2 N–H and O–H groups in total. The molecular weight excluding hydrogens is 408 g/mol. The molecule has 0 bridgehead atoms. The summed E-state index contributed by atoms with van der Waals surface area (Å²) < 4.78 is 11.2. The van der Waals surface area contributed by atoms with Gasteiger partial charge in [-0.3, -0.25) is 0 Å². The molecule has 0 aliphatic carbocycles. The van der Waals surface area contributed by atoms with Crippen LogP contribution in [0.1, 0.15) is 27.7 Å². The molecule has 3 rings (SSSR count). The van der Waals surface area contributed by atoms with E-state index in [1.165, 1.54) is 0 Å². The highest BCUT2D eigenvalue weighted by Gasteiger charge is 2.24. The minimum atomic E-state index is -0.177. The molecule has 4 amide bonds. The number of piperazine rings is 1. The van der Waals surface area contributed by atoms with Gasteiger partial charge in [-0.05, 0) is 76.2 Å². The maximum Gasteiger partial charge on any atom is 0.321 e. The van der Waals surface area contributed by atoms with Crippen molar-refractivity contribution in [3.05, 3.63) is 48.5 Å². The largest absolute Gasteiger partial charge is 0.491 e. The van der Waals surface area contributed by atoms with E-state index in [4.69, 9.17) is 9.47 Å². The number of hydrogen-bond acceptors (Lipinski definition) is 4. The quantitative estimate of drug-likeness (QED) is 0.685. The van der Waals surface area contributed by atoms with Crippen molar-refractivity contribution in [2.45, 2.75) is 39.9 Å². The molecule has 1 heterocycles. The lowest BCUT2D eigenvalue weighted by Crippen LogP contribution is -2.52. The highest BCUT2D eigenvalue weighted by atomic mass is 16.5. The molecule has 0 spiro atoms. The zero-order valence-electron chi connectivity index (χ0n) is 19.1. The van der Waals surface area contributed by atoms with Gasteiger partial charge < -0.3 is 29.9 Å². The normalized spacial score (nSPS) is 13.8. The van der Waals surface area contributed by atoms with E-state index >= 15 is 0 Å². The summed E-state index contributed by atoms with van der Waals surface area (Å²) >= 11 is 0. The minimum absolute atomic E-state index is 0.0993. The topological polar surface area (TPSA) is 83.1 Å². The average molecular weight is 441 g/mol. The molecule has 32 heavy (non-hydrogen) atoms. The second-order valence-electron chi connectivity index (χ2n) is 8.22. The molecule has 0 atom stereocenters. The van der Waals surface area contributed by atoms with Gasteiger partial charge in [-0.1, -0.05) is 0 Å². The molecule has 172 valence electrons. The number of hydrogen-bond donors (Lipinski definition) is 2. The van der Waals surface area contributed by atoms with Crippen molar-refractivity contribution in [3.63, 3.8) is 0 Å². The fraction of sp³-hybridized carbons (Fsp3) is 0.417. The van der Waals surface area contributed by atoms with Crippen molar-refractivity contribution < 1.29 is 19.1 Å². The van der Waals surface area contributed by atoms with Crippen LogP contribution in [0, 0.1) is 0 Å². The van der Waals surface area contributed by atoms with E-state index in [-0.39, 0.29) is 24.3 Å². The maximum atomic E-state index is 12.6. The van der Waals surface area contributed by atoms with Crippen molar-refractivity contribution in [1.29, 1.82) is 0 Å². The summed E-state index contributed by atoms with van der Waals surface area (Å²) in [5, 5.41) is 5.79. The fourth-order valence-electron chi connectivity index (χ4n) is 3.30. The summed E-state index contributed by atoms with van der Waals surface area (Å²) in [5.74, 6) is 1.53. The fourth-order valence-corrected chi connectivity index (χ4v) is 3.30. The van der Waals surface area contributed by atoms with Crippen LogP contribution in [0.4, 0.5) is 21.0 Å². The molecule has 0 aromatic heterocycles. The molecule has 1 aliphatic heterocycles. The van der Waals surface area contributed by atoms with E-state index in [2.05, 4.69) is 10.6 Å². The lowest BCUT2D eigenvalue weighted by molar-refractivity contribution is 0.156. The number of anilines is 2. The Morgan fingerprint density at radius 3 is 1.25 bits per heavy atom. The second kappa shape index (κ2) is 10.7. The number of carbonyl (C=O) groups excluding carboxylic acids is 2. The molecule has 0 saturated carbocycles. The second-order valence-corrected chi connectivity index (χ2v) is 8.22. The molecule has 1 saturated heterocycles. The number of nitrogens with one attached hydrogen (secondary N) is 2. The van der Waals surface area contributed by atoms with E-state index in [1.807, 2.05) is 76.2 Å². The van der Waals surface area contributed by atoms with Crippen molar-refractivity contribution >= 4 is 23.4 Å². The van der Waals surface area contributed by atoms with Crippen LogP contribution in [-0.2, 0) is 0 Å². The number of urea groups is 2. The smallest absolute Gasteiger partial charge is 0.321 e. The first-order valence-electron chi connectivity index (χ1n) is 11.0. The van der Waals surface area contributed by atoms with Gasteiger partial charge in [0.25, 0.3) is 0 Å². The molecule has 2 aromatic carbocycles. The van der Waals surface area contributed by atoms with Crippen LogP contribution in [-0.4, -0.2) is 60.2 Å². The summed E-state index contributed by atoms with van der Waals surface area (Å²) in [6, 6.07) is 14.2. The zero-order chi connectivity index (χ0) is 23.1. The molecule has 2 aromatic rings. The Balaban J connectivity index is 1.44. The Kier molecular flexibility index (Phi) is 7.81. The molecule has 0 radical (unpaired) electrons. The number of benzene rings is 2. The van der Waals surface area contributed by atoms with Gasteiger partial charge in [0, 0.05) is 37.6 Å². The highest BCUT2D eigenvalue weighted by molar-refractivity contribution is 5.91. The van der Waals surface area contributed by atoms with E-state index in [0.717, 1.165) is 11.5 Å².